The fourth-order valence-electron chi connectivity index (χ4n) is 3.21. The van der Waals surface area contributed by atoms with Crippen LogP contribution in [-0.4, -0.2) is 30.1 Å². The summed E-state index contributed by atoms with van der Waals surface area (Å²) in [6.45, 7) is 1.18. The molecule has 6 heteroatoms. The number of amides is 1. The van der Waals surface area contributed by atoms with E-state index in [2.05, 4.69) is 5.32 Å². The largest absolute Gasteiger partial charge is 0.393 e. The maximum Gasteiger partial charge on any atom is 0.393 e. The third-order valence-corrected chi connectivity index (χ3v) is 4.62. The van der Waals surface area contributed by atoms with Gasteiger partial charge in [-0.1, -0.05) is 30.3 Å². The molecule has 0 bridgehead atoms. The molecule has 2 aromatic rings. The quantitative estimate of drug-likeness (QED) is 0.854. The molecule has 0 aliphatic carbocycles. The monoisotopic (exact) mass is 362 g/mol. The first-order valence-corrected chi connectivity index (χ1v) is 8.66. The molecule has 0 saturated carbocycles. The molecular formula is C20H21F3N2O. The number of alkyl halides is 3. The Morgan fingerprint density at radius 2 is 1.77 bits per heavy atom. The molecule has 3 nitrogen and oxygen atoms in total. The van der Waals surface area contributed by atoms with Gasteiger partial charge in [0.2, 0.25) is 0 Å². The van der Waals surface area contributed by atoms with E-state index < -0.39 is 12.1 Å². The molecule has 138 valence electrons. The number of carbonyl (C=O) groups is 1. The Morgan fingerprint density at radius 3 is 2.42 bits per heavy atom. The van der Waals surface area contributed by atoms with Crippen LogP contribution < -0.4 is 5.32 Å². The smallest absolute Gasteiger partial charge is 0.322 e. The van der Waals surface area contributed by atoms with Gasteiger partial charge in [-0.25, -0.2) is 0 Å². The van der Waals surface area contributed by atoms with Crippen LogP contribution in [0.15, 0.2) is 54.6 Å². The van der Waals surface area contributed by atoms with Crippen LogP contribution >= 0.6 is 0 Å². The Kier molecular flexibility index (Phi) is 5.61. The normalized spacial score (nSPS) is 18.5. The van der Waals surface area contributed by atoms with E-state index in [4.69, 9.17) is 0 Å². The zero-order chi connectivity index (χ0) is 18.6. The fourth-order valence-corrected chi connectivity index (χ4v) is 3.21. The molecule has 3 rings (SSSR count). The molecule has 0 unspecified atom stereocenters. The second kappa shape index (κ2) is 7.91. The highest BCUT2D eigenvalue weighted by molar-refractivity contribution is 6.04. The van der Waals surface area contributed by atoms with Crippen molar-refractivity contribution in [1.82, 2.24) is 4.90 Å². The van der Waals surface area contributed by atoms with E-state index in [1.165, 1.54) is 0 Å². The van der Waals surface area contributed by atoms with Gasteiger partial charge < -0.3 is 5.32 Å². The van der Waals surface area contributed by atoms with Crippen LogP contribution in [0.5, 0.6) is 0 Å². The van der Waals surface area contributed by atoms with Gasteiger partial charge >= 0.3 is 6.18 Å². The number of halogens is 3. The summed E-state index contributed by atoms with van der Waals surface area (Å²) >= 11 is 0. The summed E-state index contributed by atoms with van der Waals surface area (Å²) in [5.41, 5.74) is 2.14. The van der Waals surface area contributed by atoms with Gasteiger partial charge in [0.1, 0.15) is 0 Å². The van der Waals surface area contributed by atoms with Gasteiger partial charge in [0.25, 0.3) is 5.91 Å². The number of rotatable bonds is 4. The SMILES string of the molecule is O=C(Nc1ccccc1)c1ccc(CN2CCC[C@H](C(F)(F)F)C2)cc1. The number of nitrogens with zero attached hydrogens (tertiary/aromatic N) is 1. The summed E-state index contributed by atoms with van der Waals surface area (Å²) in [6, 6.07) is 16.2. The summed E-state index contributed by atoms with van der Waals surface area (Å²) < 4.78 is 38.7. The first kappa shape index (κ1) is 18.5. The van der Waals surface area contributed by atoms with Gasteiger partial charge in [0.05, 0.1) is 5.92 Å². The maximum absolute atomic E-state index is 12.9. The highest BCUT2D eigenvalue weighted by Gasteiger charge is 2.41. The first-order valence-electron chi connectivity index (χ1n) is 8.66. The van der Waals surface area contributed by atoms with E-state index in [0.29, 0.717) is 30.8 Å². The van der Waals surface area contributed by atoms with Crippen molar-refractivity contribution < 1.29 is 18.0 Å². The van der Waals surface area contributed by atoms with E-state index >= 15 is 0 Å². The molecule has 1 saturated heterocycles. The maximum atomic E-state index is 12.9. The molecule has 1 aliphatic rings. The summed E-state index contributed by atoms with van der Waals surface area (Å²) in [5.74, 6) is -1.45. The van der Waals surface area contributed by atoms with Gasteiger partial charge in [0, 0.05) is 24.3 Å². The molecular weight excluding hydrogens is 341 g/mol. The van der Waals surface area contributed by atoms with Gasteiger partial charge in [0.15, 0.2) is 0 Å². The third kappa shape index (κ3) is 4.85. The number of anilines is 1. The number of benzene rings is 2. The number of carbonyl (C=O) groups excluding carboxylic acids is 1. The Labute approximate surface area is 150 Å². The molecule has 1 atom stereocenters. The number of nitrogens with one attached hydrogen (secondary N) is 1. The number of hydrogen-bond donors (Lipinski definition) is 1. The lowest BCUT2D eigenvalue weighted by atomic mass is 9.97. The summed E-state index contributed by atoms with van der Waals surface area (Å²) in [7, 11) is 0. The minimum atomic E-state index is -4.13. The molecule has 1 heterocycles. The van der Waals surface area contributed by atoms with Crippen LogP contribution in [-0.2, 0) is 6.54 Å². The van der Waals surface area contributed by atoms with Gasteiger partial charge in [-0.05, 0) is 49.2 Å². The van der Waals surface area contributed by atoms with Crippen LogP contribution in [0.2, 0.25) is 0 Å². The van der Waals surface area contributed by atoms with Crippen molar-refractivity contribution in [1.29, 1.82) is 0 Å². The van der Waals surface area contributed by atoms with Crippen molar-refractivity contribution >= 4 is 11.6 Å². The molecule has 2 aromatic carbocycles. The van der Waals surface area contributed by atoms with Crippen LogP contribution in [0.1, 0.15) is 28.8 Å². The second-order valence-corrected chi connectivity index (χ2v) is 6.63. The topological polar surface area (TPSA) is 32.3 Å². The van der Waals surface area contributed by atoms with Crippen molar-refractivity contribution in [3.63, 3.8) is 0 Å². The van der Waals surface area contributed by atoms with Crippen molar-refractivity contribution in [2.75, 3.05) is 18.4 Å². The van der Waals surface area contributed by atoms with Crippen LogP contribution in [0.3, 0.4) is 0 Å². The zero-order valence-electron chi connectivity index (χ0n) is 14.3. The predicted molar refractivity (Wildman–Crippen MR) is 94.9 cm³/mol. The van der Waals surface area contributed by atoms with Crippen molar-refractivity contribution in [3.8, 4) is 0 Å². The van der Waals surface area contributed by atoms with Crippen molar-refractivity contribution in [2.24, 2.45) is 5.92 Å². The van der Waals surface area contributed by atoms with Crippen LogP contribution in [0.4, 0.5) is 18.9 Å². The Morgan fingerprint density at radius 1 is 1.08 bits per heavy atom. The summed E-state index contributed by atoms with van der Waals surface area (Å²) in [6.07, 6.45) is -3.36. The van der Waals surface area contributed by atoms with Gasteiger partial charge in [-0.2, -0.15) is 13.2 Å². The Bertz CT molecular complexity index is 729. The average Bonchev–Trinajstić information content (AvgIpc) is 2.63. The van der Waals surface area contributed by atoms with Gasteiger partial charge in [-0.15, -0.1) is 0 Å². The van der Waals surface area contributed by atoms with Crippen molar-refractivity contribution in [2.45, 2.75) is 25.6 Å². The lowest BCUT2D eigenvalue weighted by Crippen LogP contribution is -2.41. The average molecular weight is 362 g/mol. The first-order chi connectivity index (χ1) is 12.4. The number of para-hydroxylation sites is 1. The summed E-state index contributed by atoms with van der Waals surface area (Å²) in [4.78, 5) is 14.1. The molecule has 1 N–H and O–H groups in total. The molecule has 1 amide bonds. The third-order valence-electron chi connectivity index (χ3n) is 4.62. The second-order valence-electron chi connectivity index (χ2n) is 6.63. The lowest BCUT2D eigenvalue weighted by molar-refractivity contribution is -0.187. The van der Waals surface area contributed by atoms with Crippen LogP contribution in [0.25, 0.3) is 0 Å². The van der Waals surface area contributed by atoms with E-state index in [0.717, 1.165) is 5.56 Å². The molecule has 0 radical (unpaired) electrons. The highest BCUT2D eigenvalue weighted by Crippen LogP contribution is 2.33. The predicted octanol–water partition coefficient (Wildman–Crippen LogP) is 4.71. The van der Waals surface area contributed by atoms with Crippen LogP contribution in [0, 0.1) is 5.92 Å². The lowest BCUT2D eigenvalue weighted by Gasteiger charge is -2.33. The number of piperidine rings is 1. The van der Waals surface area contributed by atoms with E-state index in [-0.39, 0.29) is 18.9 Å². The van der Waals surface area contributed by atoms with E-state index in [9.17, 15) is 18.0 Å². The molecule has 26 heavy (non-hydrogen) atoms. The van der Waals surface area contributed by atoms with E-state index in [1.807, 2.05) is 23.1 Å². The number of hydrogen-bond acceptors (Lipinski definition) is 2. The highest BCUT2D eigenvalue weighted by atomic mass is 19.4. The fraction of sp³-hybridized carbons (Fsp3) is 0.350. The number of likely N-dealkylation sites (tertiary alicyclic amines) is 1. The van der Waals surface area contributed by atoms with Gasteiger partial charge in [-0.3, -0.25) is 9.69 Å². The molecule has 0 aromatic heterocycles. The van der Waals surface area contributed by atoms with Crippen molar-refractivity contribution in [3.05, 3.63) is 65.7 Å². The zero-order valence-corrected chi connectivity index (χ0v) is 14.3. The Balaban J connectivity index is 1.58. The molecule has 1 aliphatic heterocycles. The Hall–Kier alpha value is -2.34. The minimum absolute atomic E-state index is 0.0414. The van der Waals surface area contributed by atoms with E-state index in [1.54, 1.807) is 36.4 Å². The molecule has 1 fully saturated rings. The summed E-state index contributed by atoms with van der Waals surface area (Å²) in [5, 5.41) is 2.81. The molecule has 0 spiro atoms. The minimum Gasteiger partial charge on any atom is -0.322 e. The standard InChI is InChI=1S/C20H21F3N2O/c21-20(22,23)17-5-4-12-25(14-17)13-15-8-10-16(11-9-15)19(26)24-18-6-2-1-3-7-18/h1-3,6-11,17H,4-5,12-14H2,(H,24,26)/t17-/m0/s1.